The van der Waals surface area contributed by atoms with Crippen molar-refractivity contribution in [2.45, 2.75) is 58.2 Å². The molecule has 0 amide bonds. The van der Waals surface area contributed by atoms with Crippen LogP contribution in [0, 0.1) is 17.2 Å². The van der Waals surface area contributed by atoms with E-state index in [1.165, 1.54) is 6.07 Å². The van der Waals surface area contributed by atoms with Crippen molar-refractivity contribution in [2.75, 3.05) is 0 Å². The van der Waals surface area contributed by atoms with Gasteiger partial charge in [-0.2, -0.15) is 0 Å². The van der Waals surface area contributed by atoms with E-state index in [-0.39, 0.29) is 6.42 Å². The summed E-state index contributed by atoms with van der Waals surface area (Å²) in [6, 6.07) is 4.68. The summed E-state index contributed by atoms with van der Waals surface area (Å²) in [5.74, 6) is -2.36. The van der Waals surface area contributed by atoms with Crippen LogP contribution in [0.25, 0.3) is 0 Å². The fourth-order valence-electron chi connectivity index (χ4n) is 3.47. The number of nitrogens with one attached hydrogen (secondary N) is 1. The molecular weight excluding hydrogens is 329 g/mol. The van der Waals surface area contributed by atoms with E-state index in [4.69, 9.17) is 0 Å². The van der Waals surface area contributed by atoms with Crippen LogP contribution in [-0.4, -0.2) is 20.0 Å². The zero-order valence-electron chi connectivity index (χ0n) is 15.1. The van der Waals surface area contributed by atoms with Crippen LogP contribution in [-0.2, 0) is 27.7 Å². The Labute approximate surface area is 145 Å². The molecule has 3 unspecified atom stereocenters. The van der Waals surface area contributed by atoms with Gasteiger partial charge in [0.05, 0.1) is 27.2 Å². The highest BCUT2D eigenvalue weighted by atomic mass is 32.2. The topological polar surface area (TPSA) is 66.4 Å². The molecule has 134 valence electrons. The minimum absolute atomic E-state index is 0.216. The number of benzene rings is 1. The van der Waals surface area contributed by atoms with Crippen molar-refractivity contribution >= 4 is 17.0 Å². The maximum atomic E-state index is 14.8. The molecule has 0 aromatic heterocycles. The Hall–Kier alpha value is -1.27. The zero-order chi connectivity index (χ0) is 18.5. The van der Waals surface area contributed by atoms with Gasteiger partial charge in [-0.15, -0.1) is 0 Å². The van der Waals surface area contributed by atoms with Crippen molar-refractivity contribution in [3.05, 3.63) is 35.1 Å². The predicted octanol–water partition coefficient (Wildman–Crippen LogP) is 3.38. The highest BCUT2D eigenvalue weighted by Crippen LogP contribution is 2.53. The molecule has 0 spiro atoms. The summed E-state index contributed by atoms with van der Waals surface area (Å²) in [6.07, 6.45) is 0.216. The summed E-state index contributed by atoms with van der Waals surface area (Å²) in [7, 11) is -1.55. The molecule has 3 atom stereocenters. The molecule has 0 fully saturated rings. The minimum Gasteiger partial charge on any atom is -0.481 e. The second kappa shape index (κ2) is 5.92. The molecule has 6 heteroatoms. The van der Waals surface area contributed by atoms with E-state index in [1.807, 2.05) is 20.8 Å². The molecule has 0 saturated carbocycles. The molecule has 1 aromatic rings. The van der Waals surface area contributed by atoms with Gasteiger partial charge < -0.3 is 5.11 Å². The summed E-state index contributed by atoms with van der Waals surface area (Å²) in [5, 5.41) is 9.83. The summed E-state index contributed by atoms with van der Waals surface area (Å²) in [6.45, 7) is 11.0. The van der Waals surface area contributed by atoms with Gasteiger partial charge in [0.2, 0.25) is 0 Å². The SMILES string of the molecule is CC(C)(C)S(=O)NC1(C(C)(C)C)c2c(F)cccc2CC1C(=O)O. The fraction of sp³-hybridized carbons (Fsp3) is 0.611. The standard InChI is InChI=1S/C18H26FNO3S/c1-16(2,3)18(20-24(23)17(4,5)6)12(15(21)22)10-11-8-7-9-13(19)14(11)18/h7-9,12,20H,10H2,1-6H3,(H,21,22). The van der Waals surface area contributed by atoms with Crippen LogP contribution in [0.15, 0.2) is 18.2 Å². The second-order valence-electron chi connectivity index (χ2n) is 8.41. The van der Waals surface area contributed by atoms with Gasteiger partial charge in [-0.3, -0.25) is 4.79 Å². The van der Waals surface area contributed by atoms with Crippen molar-refractivity contribution in [1.29, 1.82) is 0 Å². The lowest BCUT2D eigenvalue weighted by molar-refractivity contribution is -0.146. The molecule has 0 radical (unpaired) electrons. The number of hydrogen-bond donors (Lipinski definition) is 2. The lowest BCUT2D eigenvalue weighted by Gasteiger charge is -2.47. The lowest BCUT2D eigenvalue weighted by Crippen LogP contribution is -2.60. The van der Waals surface area contributed by atoms with Gasteiger partial charge in [0.15, 0.2) is 0 Å². The first-order valence-corrected chi connectivity index (χ1v) is 9.17. The van der Waals surface area contributed by atoms with E-state index >= 15 is 0 Å². The first kappa shape index (κ1) is 19.1. The van der Waals surface area contributed by atoms with E-state index in [0.717, 1.165) is 0 Å². The molecule has 4 nitrogen and oxygen atoms in total. The first-order valence-electron chi connectivity index (χ1n) is 8.02. The molecule has 2 rings (SSSR count). The van der Waals surface area contributed by atoms with Gasteiger partial charge in [-0.05, 0) is 44.2 Å². The molecule has 2 N–H and O–H groups in total. The molecular formula is C18H26FNO3S. The van der Waals surface area contributed by atoms with Crippen molar-refractivity contribution in [1.82, 2.24) is 4.72 Å². The molecule has 1 aromatic carbocycles. The van der Waals surface area contributed by atoms with Crippen LogP contribution in [0.2, 0.25) is 0 Å². The van der Waals surface area contributed by atoms with Crippen molar-refractivity contribution in [3.8, 4) is 0 Å². The molecule has 24 heavy (non-hydrogen) atoms. The average molecular weight is 355 g/mol. The number of carboxylic acids is 1. The Kier molecular flexibility index (Phi) is 4.70. The highest BCUT2D eigenvalue weighted by molar-refractivity contribution is 7.84. The summed E-state index contributed by atoms with van der Waals surface area (Å²) < 4.78 is 30.1. The molecule has 0 heterocycles. The number of fused-ring (bicyclic) bond motifs is 1. The monoisotopic (exact) mass is 355 g/mol. The van der Waals surface area contributed by atoms with Crippen LogP contribution in [0.3, 0.4) is 0 Å². The smallest absolute Gasteiger partial charge is 0.309 e. The van der Waals surface area contributed by atoms with E-state index in [1.54, 1.807) is 32.9 Å². The zero-order valence-corrected chi connectivity index (χ0v) is 15.9. The summed E-state index contributed by atoms with van der Waals surface area (Å²) >= 11 is 0. The second-order valence-corrected chi connectivity index (χ2v) is 10.4. The van der Waals surface area contributed by atoms with Gasteiger partial charge >= 0.3 is 5.97 Å². The van der Waals surface area contributed by atoms with Gasteiger partial charge in [-0.1, -0.05) is 32.9 Å². The van der Waals surface area contributed by atoms with Crippen molar-refractivity contribution < 1.29 is 18.5 Å². The molecule has 0 bridgehead atoms. The van der Waals surface area contributed by atoms with Crippen LogP contribution in [0.4, 0.5) is 4.39 Å². The molecule has 0 aliphatic heterocycles. The van der Waals surface area contributed by atoms with Crippen LogP contribution < -0.4 is 4.72 Å². The number of aliphatic carboxylic acids is 1. The summed E-state index contributed by atoms with van der Waals surface area (Å²) in [4.78, 5) is 12.0. The largest absolute Gasteiger partial charge is 0.481 e. The van der Waals surface area contributed by atoms with Crippen LogP contribution in [0.1, 0.15) is 52.7 Å². The Morgan fingerprint density at radius 2 is 1.88 bits per heavy atom. The number of rotatable bonds is 3. The van der Waals surface area contributed by atoms with Crippen LogP contribution >= 0.6 is 0 Å². The average Bonchev–Trinajstić information content (AvgIpc) is 2.74. The van der Waals surface area contributed by atoms with E-state index in [2.05, 4.69) is 4.72 Å². The minimum atomic E-state index is -1.55. The van der Waals surface area contributed by atoms with Gasteiger partial charge in [-0.25, -0.2) is 13.3 Å². The third-order valence-corrected chi connectivity index (χ3v) is 6.35. The fourth-order valence-corrected chi connectivity index (χ4v) is 4.62. The molecule has 0 saturated heterocycles. The van der Waals surface area contributed by atoms with Gasteiger partial charge in [0.1, 0.15) is 5.82 Å². The van der Waals surface area contributed by atoms with Crippen LogP contribution in [0.5, 0.6) is 0 Å². The Balaban J connectivity index is 2.76. The first-order chi connectivity index (χ1) is 10.8. The predicted molar refractivity (Wildman–Crippen MR) is 93.4 cm³/mol. The van der Waals surface area contributed by atoms with E-state index in [0.29, 0.717) is 11.1 Å². The number of halogens is 1. The van der Waals surface area contributed by atoms with Gasteiger partial charge in [0.25, 0.3) is 0 Å². The van der Waals surface area contributed by atoms with E-state index in [9.17, 15) is 18.5 Å². The molecule has 1 aliphatic carbocycles. The number of carboxylic acid groups (broad SMARTS) is 1. The van der Waals surface area contributed by atoms with Gasteiger partial charge in [0, 0.05) is 5.56 Å². The third-order valence-electron chi connectivity index (χ3n) is 4.73. The maximum absolute atomic E-state index is 14.8. The highest BCUT2D eigenvalue weighted by Gasteiger charge is 2.59. The van der Waals surface area contributed by atoms with E-state index < -0.39 is 44.4 Å². The Bertz CT molecular complexity index is 690. The Morgan fingerprint density at radius 3 is 2.33 bits per heavy atom. The number of carbonyl (C=O) groups is 1. The lowest BCUT2D eigenvalue weighted by atomic mass is 9.66. The normalized spacial score (nSPS) is 25.4. The quantitative estimate of drug-likeness (QED) is 0.873. The maximum Gasteiger partial charge on any atom is 0.309 e. The third kappa shape index (κ3) is 2.90. The van der Waals surface area contributed by atoms with Crippen molar-refractivity contribution in [3.63, 3.8) is 0 Å². The Morgan fingerprint density at radius 1 is 1.29 bits per heavy atom. The number of hydrogen-bond acceptors (Lipinski definition) is 2. The summed E-state index contributed by atoms with van der Waals surface area (Å²) in [5.41, 5.74) is -0.916. The van der Waals surface area contributed by atoms with Crippen molar-refractivity contribution in [2.24, 2.45) is 11.3 Å². The molecule has 1 aliphatic rings.